The Morgan fingerprint density at radius 3 is 1.96 bits per heavy atom. The second-order valence-electron chi connectivity index (χ2n) is 5.42. The van der Waals surface area contributed by atoms with E-state index in [2.05, 4.69) is 24.3 Å². The van der Waals surface area contributed by atoms with Crippen LogP contribution in [0.15, 0.2) is 84.9 Å². The third kappa shape index (κ3) is 2.56. The summed E-state index contributed by atoms with van der Waals surface area (Å²) in [6.07, 6.45) is 0. The van der Waals surface area contributed by atoms with Gasteiger partial charge in [0.05, 0.1) is 0 Å². The van der Waals surface area contributed by atoms with Crippen molar-refractivity contribution in [3.8, 4) is 0 Å². The number of nitro groups is 1. The average molecular weight is 379 g/mol. The zero-order chi connectivity index (χ0) is 16.5. The van der Waals surface area contributed by atoms with Crippen molar-refractivity contribution >= 4 is 33.0 Å². The second kappa shape index (κ2) is 6.08. The molecule has 1 aliphatic rings. The molecule has 24 heavy (non-hydrogen) atoms. The molecular formula is C20H14NO2Se+. The molecule has 116 valence electrons. The third-order valence-electron chi connectivity index (χ3n) is 3.93. The number of hydrogen-bond acceptors (Lipinski definition) is 2. The van der Waals surface area contributed by atoms with Crippen molar-refractivity contribution in [1.29, 1.82) is 0 Å². The van der Waals surface area contributed by atoms with Crippen molar-refractivity contribution in [3.05, 3.63) is 106 Å². The Hall–Kier alpha value is -2.68. The van der Waals surface area contributed by atoms with Crippen molar-refractivity contribution < 1.29 is 4.92 Å². The van der Waals surface area contributed by atoms with Gasteiger partial charge in [-0.05, 0) is 0 Å². The topological polar surface area (TPSA) is 43.1 Å². The van der Waals surface area contributed by atoms with Crippen LogP contribution >= 0.6 is 0 Å². The van der Waals surface area contributed by atoms with Gasteiger partial charge in [-0.15, -0.1) is 0 Å². The number of hydrogen-bond donors (Lipinski definition) is 0. The molecular weight excluding hydrogens is 365 g/mol. The molecule has 3 aromatic rings. The maximum absolute atomic E-state index is 11.4. The Morgan fingerprint density at radius 2 is 1.29 bits per heavy atom. The van der Waals surface area contributed by atoms with E-state index in [1.165, 1.54) is 19.0 Å². The van der Waals surface area contributed by atoms with Gasteiger partial charge in [0.25, 0.3) is 0 Å². The third-order valence-corrected chi connectivity index (χ3v) is 8.59. The molecule has 0 bridgehead atoms. The summed E-state index contributed by atoms with van der Waals surface area (Å²) in [5.74, 6) is 0. The molecule has 0 aromatic heterocycles. The van der Waals surface area contributed by atoms with Gasteiger partial charge in [0.2, 0.25) is 0 Å². The quantitative estimate of drug-likeness (QED) is 0.391. The first-order valence-electron chi connectivity index (χ1n) is 7.60. The Balaban J connectivity index is 1.87. The van der Waals surface area contributed by atoms with E-state index in [1.807, 2.05) is 48.5 Å². The SMILES string of the molecule is O=[N+]([O-])c1ccccc1C1=C(c2ccccc2)[Se+]1c1ccccc1. The van der Waals surface area contributed by atoms with E-state index in [-0.39, 0.29) is 10.6 Å². The molecule has 0 radical (unpaired) electrons. The fourth-order valence-electron chi connectivity index (χ4n) is 2.84. The van der Waals surface area contributed by atoms with Crippen molar-refractivity contribution in [3.63, 3.8) is 0 Å². The predicted molar refractivity (Wildman–Crippen MR) is 98.2 cm³/mol. The average Bonchev–Trinajstić information content (AvgIpc) is 3.38. The minimum absolute atomic E-state index is 0.197. The van der Waals surface area contributed by atoms with Gasteiger partial charge in [-0.1, -0.05) is 0 Å². The Labute approximate surface area is 144 Å². The molecule has 0 N–H and O–H groups in total. The Morgan fingerprint density at radius 1 is 0.708 bits per heavy atom. The van der Waals surface area contributed by atoms with Crippen LogP contribution in [0.4, 0.5) is 5.69 Å². The summed E-state index contributed by atoms with van der Waals surface area (Å²) in [6.45, 7) is 0. The molecule has 1 aliphatic heterocycles. The van der Waals surface area contributed by atoms with Gasteiger partial charge in [0, 0.05) is 0 Å². The molecule has 4 heteroatoms. The number of benzene rings is 3. The van der Waals surface area contributed by atoms with Crippen LogP contribution in [-0.4, -0.2) is 18.8 Å². The molecule has 0 saturated carbocycles. The molecule has 0 fully saturated rings. The van der Waals surface area contributed by atoms with Crippen LogP contribution in [0, 0.1) is 10.1 Å². The Bertz CT molecular complexity index is 936. The van der Waals surface area contributed by atoms with E-state index in [0.29, 0.717) is 0 Å². The summed E-state index contributed by atoms with van der Waals surface area (Å²) >= 11 is -1.34. The molecule has 4 rings (SSSR count). The van der Waals surface area contributed by atoms with Crippen LogP contribution in [0.5, 0.6) is 0 Å². The van der Waals surface area contributed by atoms with Gasteiger partial charge in [-0.25, -0.2) is 0 Å². The van der Waals surface area contributed by atoms with Gasteiger partial charge in [0.15, 0.2) is 0 Å². The first-order valence-corrected chi connectivity index (χ1v) is 10.2. The zero-order valence-corrected chi connectivity index (χ0v) is 14.5. The molecule has 1 heterocycles. The van der Waals surface area contributed by atoms with Crippen molar-refractivity contribution in [2.45, 2.75) is 0 Å². The van der Waals surface area contributed by atoms with E-state index in [0.717, 1.165) is 5.56 Å². The summed E-state index contributed by atoms with van der Waals surface area (Å²) in [4.78, 5) is 11.2. The molecule has 0 spiro atoms. The maximum atomic E-state index is 11.4. The van der Waals surface area contributed by atoms with Gasteiger partial charge >= 0.3 is 144 Å². The number of para-hydroxylation sites is 1. The van der Waals surface area contributed by atoms with E-state index in [4.69, 9.17) is 0 Å². The van der Waals surface area contributed by atoms with Gasteiger partial charge in [-0.2, -0.15) is 0 Å². The van der Waals surface area contributed by atoms with E-state index in [9.17, 15) is 10.1 Å². The number of nitro benzene ring substituents is 1. The molecule has 1 atom stereocenters. The standard InChI is InChI=1S/C20H14NO2Se/c22-21(23)18-14-8-7-13-17(18)20-19(15-9-3-1-4-10-15)24(20)16-11-5-2-6-12-16/h1-14H/q+1. The van der Waals surface area contributed by atoms with Gasteiger partial charge in [-0.3, -0.25) is 0 Å². The normalized spacial score (nSPS) is 16.1. The van der Waals surface area contributed by atoms with Crippen molar-refractivity contribution in [2.75, 3.05) is 0 Å². The first kappa shape index (κ1) is 14.9. The molecule has 0 saturated heterocycles. The Kier molecular flexibility index (Phi) is 3.77. The van der Waals surface area contributed by atoms with Gasteiger partial charge < -0.3 is 0 Å². The minimum atomic E-state index is -1.34. The fourth-order valence-corrected chi connectivity index (χ4v) is 7.88. The van der Waals surface area contributed by atoms with Crippen molar-refractivity contribution in [1.82, 2.24) is 0 Å². The summed E-state index contributed by atoms with van der Waals surface area (Å²) in [5.41, 5.74) is 2.15. The van der Waals surface area contributed by atoms with Gasteiger partial charge in [0.1, 0.15) is 0 Å². The molecule has 3 nitrogen and oxygen atoms in total. The second-order valence-corrected chi connectivity index (χ2v) is 9.40. The first-order chi connectivity index (χ1) is 11.8. The van der Waals surface area contributed by atoms with Crippen LogP contribution in [0.3, 0.4) is 0 Å². The van der Waals surface area contributed by atoms with E-state index < -0.39 is 13.9 Å². The molecule has 0 amide bonds. The molecule has 0 aliphatic carbocycles. The zero-order valence-electron chi connectivity index (χ0n) is 12.8. The van der Waals surface area contributed by atoms with Crippen LogP contribution < -0.4 is 4.46 Å². The summed E-state index contributed by atoms with van der Waals surface area (Å²) in [6, 6.07) is 27.7. The summed E-state index contributed by atoms with van der Waals surface area (Å²) < 4.78 is 3.78. The van der Waals surface area contributed by atoms with Crippen LogP contribution in [0.25, 0.3) is 8.94 Å². The summed E-state index contributed by atoms with van der Waals surface area (Å²) in [5, 5.41) is 11.4. The fraction of sp³-hybridized carbons (Fsp3) is 0. The number of nitrogens with zero attached hydrogens (tertiary/aromatic N) is 1. The molecule has 1 unspecified atom stereocenters. The summed E-state index contributed by atoms with van der Waals surface area (Å²) in [7, 11) is 0. The van der Waals surface area contributed by atoms with Crippen LogP contribution in [0.2, 0.25) is 0 Å². The predicted octanol–water partition coefficient (Wildman–Crippen LogP) is 4.00. The van der Waals surface area contributed by atoms with Crippen LogP contribution in [-0.2, 0) is 0 Å². The monoisotopic (exact) mass is 380 g/mol. The van der Waals surface area contributed by atoms with E-state index >= 15 is 0 Å². The molecule has 3 aromatic carbocycles. The van der Waals surface area contributed by atoms with E-state index in [1.54, 1.807) is 12.1 Å². The van der Waals surface area contributed by atoms with Crippen molar-refractivity contribution in [2.24, 2.45) is 0 Å². The van der Waals surface area contributed by atoms with Crippen LogP contribution in [0.1, 0.15) is 11.1 Å². The number of rotatable bonds is 4.